The summed E-state index contributed by atoms with van der Waals surface area (Å²) >= 11 is 1.77. The lowest BCUT2D eigenvalue weighted by Gasteiger charge is -2.31. The predicted molar refractivity (Wildman–Crippen MR) is 64.8 cm³/mol. The zero-order chi connectivity index (χ0) is 11.5. The Morgan fingerprint density at radius 3 is 3.06 bits per heavy atom. The van der Waals surface area contributed by atoms with E-state index in [4.69, 9.17) is 5.11 Å². The van der Waals surface area contributed by atoms with Gasteiger partial charge < -0.3 is 10.4 Å². The van der Waals surface area contributed by atoms with Crippen molar-refractivity contribution < 1.29 is 9.90 Å². The fourth-order valence-electron chi connectivity index (χ4n) is 2.35. The van der Waals surface area contributed by atoms with E-state index in [9.17, 15) is 4.79 Å². The smallest absolute Gasteiger partial charge is 0.303 e. The molecule has 0 spiro atoms. The van der Waals surface area contributed by atoms with Gasteiger partial charge in [-0.15, -0.1) is 11.3 Å². The molecule has 3 nitrogen and oxygen atoms in total. The quantitative estimate of drug-likeness (QED) is 0.852. The molecular weight excluding hydrogens is 222 g/mol. The molecule has 1 fully saturated rings. The molecule has 0 amide bonds. The number of carbonyl (C=O) groups is 1. The Bertz CT molecular complexity index is 375. The van der Waals surface area contributed by atoms with Crippen molar-refractivity contribution >= 4 is 17.3 Å². The first kappa shape index (κ1) is 11.6. The van der Waals surface area contributed by atoms with E-state index in [1.54, 1.807) is 11.3 Å². The van der Waals surface area contributed by atoms with Crippen LogP contribution in [-0.2, 0) is 4.79 Å². The first-order valence-corrected chi connectivity index (χ1v) is 6.50. The normalized spacial score (nSPS) is 25.6. The molecule has 0 aliphatic carbocycles. The van der Waals surface area contributed by atoms with Gasteiger partial charge in [0.05, 0.1) is 0 Å². The number of aliphatic carboxylic acids is 1. The lowest BCUT2D eigenvalue weighted by Crippen LogP contribution is -2.34. The van der Waals surface area contributed by atoms with Gasteiger partial charge >= 0.3 is 5.97 Å². The van der Waals surface area contributed by atoms with E-state index in [1.165, 1.54) is 9.75 Å². The summed E-state index contributed by atoms with van der Waals surface area (Å²) in [6.45, 7) is 3.08. The van der Waals surface area contributed by atoms with Crippen molar-refractivity contribution in [2.45, 2.75) is 32.2 Å². The number of thiophene rings is 1. The Labute approximate surface area is 99.5 Å². The van der Waals surface area contributed by atoms with Gasteiger partial charge in [-0.3, -0.25) is 4.79 Å². The summed E-state index contributed by atoms with van der Waals surface area (Å²) in [5.74, 6) is -0.448. The van der Waals surface area contributed by atoms with Gasteiger partial charge in [0.15, 0.2) is 0 Å². The molecule has 0 bridgehead atoms. The second kappa shape index (κ2) is 4.97. The number of piperidine rings is 1. The first-order chi connectivity index (χ1) is 7.66. The molecule has 2 atom stereocenters. The van der Waals surface area contributed by atoms with Crippen LogP contribution < -0.4 is 5.32 Å². The average molecular weight is 239 g/mol. The van der Waals surface area contributed by atoms with Crippen LogP contribution in [0.3, 0.4) is 0 Å². The van der Waals surface area contributed by atoms with Gasteiger partial charge in [0.1, 0.15) is 0 Å². The molecule has 0 radical (unpaired) electrons. The SMILES string of the molecule is Cc1ccc([C@H]2NCCC[C@@H]2CC(=O)O)s1. The van der Waals surface area contributed by atoms with Crippen LogP contribution in [0.4, 0.5) is 0 Å². The van der Waals surface area contributed by atoms with Crippen LogP contribution in [-0.4, -0.2) is 17.6 Å². The molecule has 0 saturated carbocycles. The van der Waals surface area contributed by atoms with Crippen LogP contribution in [0, 0.1) is 12.8 Å². The highest BCUT2D eigenvalue weighted by Gasteiger charge is 2.28. The maximum Gasteiger partial charge on any atom is 0.303 e. The van der Waals surface area contributed by atoms with Gasteiger partial charge in [0.2, 0.25) is 0 Å². The van der Waals surface area contributed by atoms with Gasteiger partial charge in [-0.2, -0.15) is 0 Å². The van der Waals surface area contributed by atoms with Crippen molar-refractivity contribution in [1.29, 1.82) is 0 Å². The Morgan fingerprint density at radius 1 is 1.62 bits per heavy atom. The van der Waals surface area contributed by atoms with E-state index in [1.807, 2.05) is 0 Å². The maximum absolute atomic E-state index is 10.8. The van der Waals surface area contributed by atoms with Crippen molar-refractivity contribution in [1.82, 2.24) is 5.32 Å². The number of rotatable bonds is 3. The predicted octanol–water partition coefficient (Wildman–Crippen LogP) is 2.57. The number of aryl methyl sites for hydroxylation is 1. The number of hydrogen-bond acceptors (Lipinski definition) is 3. The standard InChI is InChI=1S/C12H17NO2S/c1-8-4-5-10(16-8)12-9(7-11(14)15)3-2-6-13-12/h4-5,9,12-13H,2-3,6-7H2,1H3,(H,14,15)/t9-,12+/m1/s1. The summed E-state index contributed by atoms with van der Waals surface area (Å²) in [6.07, 6.45) is 2.37. The molecule has 4 heteroatoms. The molecule has 2 rings (SSSR count). The van der Waals surface area contributed by atoms with E-state index in [2.05, 4.69) is 24.4 Å². The zero-order valence-electron chi connectivity index (χ0n) is 9.40. The Hall–Kier alpha value is -0.870. The molecule has 16 heavy (non-hydrogen) atoms. The monoisotopic (exact) mass is 239 g/mol. The number of carboxylic acid groups (broad SMARTS) is 1. The summed E-state index contributed by atoms with van der Waals surface area (Å²) in [5.41, 5.74) is 0. The van der Waals surface area contributed by atoms with Crippen molar-refractivity contribution in [3.63, 3.8) is 0 Å². The molecule has 0 aromatic carbocycles. The molecule has 1 aromatic heterocycles. The molecule has 1 aromatic rings. The zero-order valence-corrected chi connectivity index (χ0v) is 10.2. The van der Waals surface area contributed by atoms with Crippen molar-refractivity contribution in [2.24, 2.45) is 5.92 Å². The Morgan fingerprint density at radius 2 is 2.44 bits per heavy atom. The van der Waals surface area contributed by atoms with E-state index < -0.39 is 5.97 Å². The van der Waals surface area contributed by atoms with Gasteiger partial charge in [-0.1, -0.05) is 0 Å². The highest BCUT2D eigenvalue weighted by molar-refractivity contribution is 7.12. The van der Waals surface area contributed by atoms with Crippen molar-refractivity contribution in [2.75, 3.05) is 6.54 Å². The second-order valence-corrected chi connectivity index (χ2v) is 5.70. The highest BCUT2D eigenvalue weighted by Crippen LogP contribution is 2.35. The maximum atomic E-state index is 10.8. The number of hydrogen-bond donors (Lipinski definition) is 2. The van der Waals surface area contributed by atoms with Crippen LogP contribution in [0.2, 0.25) is 0 Å². The van der Waals surface area contributed by atoms with Crippen molar-refractivity contribution in [3.8, 4) is 0 Å². The van der Waals surface area contributed by atoms with E-state index in [0.29, 0.717) is 0 Å². The second-order valence-electron chi connectivity index (χ2n) is 4.38. The van der Waals surface area contributed by atoms with Crippen molar-refractivity contribution in [3.05, 3.63) is 21.9 Å². The molecular formula is C12H17NO2S. The van der Waals surface area contributed by atoms with Gasteiger partial charge in [-0.25, -0.2) is 0 Å². The van der Waals surface area contributed by atoms with E-state index >= 15 is 0 Å². The molecule has 1 aliphatic heterocycles. The fourth-order valence-corrected chi connectivity index (χ4v) is 3.40. The first-order valence-electron chi connectivity index (χ1n) is 5.68. The third kappa shape index (κ3) is 2.62. The van der Waals surface area contributed by atoms with E-state index in [-0.39, 0.29) is 18.4 Å². The average Bonchev–Trinajstić information content (AvgIpc) is 2.65. The van der Waals surface area contributed by atoms with Gasteiger partial charge in [0.25, 0.3) is 0 Å². The summed E-state index contributed by atoms with van der Waals surface area (Å²) in [5, 5.41) is 12.4. The largest absolute Gasteiger partial charge is 0.481 e. The molecule has 2 N–H and O–H groups in total. The van der Waals surface area contributed by atoms with Gasteiger partial charge in [0, 0.05) is 22.2 Å². The number of nitrogens with one attached hydrogen (secondary N) is 1. The lowest BCUT2D eigenvalue weighted by atomic mass is 9.87. The molecule has 1 saturated heterocycles. The van der Waals surface area contributed by atoms with Crippen LogP contribution in [0.25, 0.3) is 0 Å². The van der Waals surface area contributed by atoms with Crippen LogP contribution in [0.15, 0.2) is 12.1 Å². The van der Waals surface area contributed by atoms with Crippen LogP contribution in [0.5, 0.6) is 0 Å². The minimum absolute atomic E-state index is 0.239. The molecule has 1 aliphatic rings. The summed E-state index contributed by atoms with van der Waals surface area (Å²) in [7, 11) is 0. The highest BCUT2D eigenvalue weighted by atomic mass is 32.1. The minimum Gasteiger partial charge on any atom is -0.481 e. The third-order valence-electron chi connectivity index (χ3n) is 3.09. The Balaban J connectivity index is 2.12. The summed E-state index contributed by atoms with van der Waals surface area (Å²) < 4.78 is 0. The summed E-state index contributed by atoms with van der Waals surface area (Å²) in [4.78, 5) is 13.4. The topological polar surface area (TPSA) is 49.3 Å². The molecule has 88 valence electrons. The van der Waals surface area contributed by atoms with E-state index in [0.717, 1.165) is 19.4 Å². The minimum atomic E-state index is -0.688. The molecule has 0 unspecified atom stereocenters. The van der Waals surface area contributed by atoms with Crippen LogP contribution >= 0.6 is 11.3 Å². The molecule has 2 heterocycles. The third-order valence-corrected chi connectivity index (χ3v) is 4.18. The van der Waals surface area contributed by atoms with Gasteiger partial charge in [-0.05, 0) is 44.4 Å². The van der Waals surface area contributed by atoms with Crippen LogP contribution in [0.1, 0.15) is 35.1 Å². The summed E-state index contributed by atoms with van der Waals surface area (Å²) in [6, 6.07) is 4.47. The fraction of sp³-hybridized carbons (Fsp3) is 0.583. The lowest BCUT2D eigenvalue weighted by molar-refractivity contribution is -0.138. The number of carboxylic acids is 1. The Kier molecular flexibility index (Phi) is 3.61.